The van der Waals surface area contributed by atoms with Crippen LogP contribution < -0.4 is 5.32 Å². The Bertz CT molecular complexity index is 722. The van der Waals surface area contributed by atoms with Crippen LogP contribution >= 0.6 is 0 Å². The summed E-state index contributed by atoms with van der Waals surface area (Å²) >= 11 is 0. The van der Waals surface area contributed by atoms with Gasteiger partial charge in [-0.3, -0.25) is 19.3 Å². The summed E-state index contributed by atoms with van der Waals surface area (Å²) in [6, 6.07) is 3.63. The molecule has 27 heavy (non-hydrogen) atoms. The van der Waals surface area contributed by atoms with Gasteiger partial charge in [0.15, 0.2) is 0 Å². The second-order valence-electron chi connectivity index (χ2n) is 8.73. The first kappa shape index (κ1) is 17.0. The van der Waals surface area contributed by atoms with Crippen LogP contribution in [0.4, 0.5) is 0 Å². The molecule has 2 heterocycles. The Labute approximate surface area is 158 Å². The van der Waals surface area contributed by atoms with Gasteiger partial charge in [0.2, 0.25) is 17.7 Å². The molecule has 3 saturated carbocycles. The van der Waals surface area contributed by atoms with Gasteiger partial charge in [-0.15, -0.1) is 0 Å². The van der Waals surface area contributed by atoms with Gasteiger partial charge < -0.3 is 9.73 Å². The lowest BCUT2D eigenvalue weighted by molar-refractivity contribution is -0.144. The number of hydrogen-bond donors (Lipinski definition) is 1. The lowest BCUT2D eigenvalue weighted by Crippen LogP contribution is -2.45. The van der Waals surface area contributed by atoms with E-state index in [1.54, 1.807) is 17.2 Å². The first-order chi connectivity index (χ1) is 13.1. The van der Waals surface area contributed by atoms with E-state index in [2.05, 4.69) is 5.32 Å². The van der Waals surface area contributed by atoms with E-state index >= 15 is 0 Å². The Kier molecular flexibility index (Phi) is 4.10. The molecule has 1 saturated heterocycles. The van der Waals surface area contributed by atoms with Crippen molar-refractivity contribution < 1.29 is 18.8 Å². The van der Waals surface area contributed by atoms with E-state index in [9.17, 15) is 14.4 Å². The number of furan rings is 1. The van der Waals surface area contributed by atoms with Crippen molar-refractivity contribution in [3.8, 4) is 0 Å². The quantitative estimate of drug-likeness (QED) is 0.826. The van der Waals surface area contributed by atoms with E-state index in [1.165, 1.54) is 0 Å². The van der Waals surface area contributed by atoms with Gasteiger partial charge in [-0.1, -0.05) is 0 Å². The second-order valence-corrected chi connectivity index (χ2v) is 8.73. The number of rotatable bonds is 4. The molecule has 3 amide bonds. The predicted octanol–water partition coefficient (Wildman–Crippen LogP) is 2.49. The molecule has 3 aliphatic carbocycles. The minimum atomic E-state index is -0.0419. The number of imide groups is 1. The average molecular weight is 370 g/mol. The van der Waals surface area contributed by atoms with Gasteiger partial charge in [0.1, 0.15) is 5.76 Å². The second kappa shape index (κ2) is 6.50. The van der Waals surface area contributed by atoms with Gasteiger partial charge in [-0.25, -0.2) is 0 Å². The van der Waals surface area contributed by atoms with Crippen molar-refractivity contribution in [2.45, 2.75) is 57.5 Å². The molecule has 1 aromatic rings. The third-order valence-electron chi connectivity index (χ3n) is 7.41. The standard InChI is InChI=1S/C21H26N2O4/c24-19(22-11-16-2-1-9-27-16)12-5-7-15(8-6-12)23-20(25)17-13-3-4-14(10-13)18(17)21(23)26/h1-2,9,12-15,17-18H,3-8,10-11H2,(H,22,24)/t12?,13-,14-,15?,17-,18+/m0/s1. The summed E-state index contributed by atoms with van der Waals surface area (Å²) in [7, 11) is 0. The van der Waals surface area contributed by atoms with Gasteiger partial charge in [0.25, 0.3) is 0 Å². The highest BCUT2D eigenvalue weighted by atomic mass is 16.3. The molecule has 0 radical (unpaired) electrons. The molecule has 4 fully saturated rings. The maximum absolute atomic E-state index is 13.0. The number of carbonyl (C=O) groups excluding carboxylic acids is 3. The summed E-state index contributed by atoms with van der Waals surface area (Å²) in [4.78, 5) is 39.9. The molecule has 1 aromatic heterocycles. The number of likely N-dealkylation sites (tertiary alicyclic amines) is 1. The number of nitrogens with one attached hydrogen (secondary N) is 1. The van der Waals surface area contributed by atoms with E-state index < -0.39 is 0 Å². The van der Waals surface area contributed by atoms with Crippen molar-refractivity contribution in [3.05, 3.63) is 24.2 Å². The summed E-state index contributed by atoms with van der Waals surface area (Å²) in [6.07, 6.45) is 7.84. The van der Waals surface area contributed by atoms with E-state index in [0.29, 0.717) is 18.4 Å². The molecule has 5 rings (SSSR count). The van der Waals surface area contributed by atoms with Crippen molar-refractivity contribution >= 4 is 17.7 Å². The lowest BCUT2D eigenvalue weighted by Gasteiger charge is -2.33. The zero-order chi connectivity index (χ0) is 18.5. The minimum absolute atomic E-state index is 0.0101. The summed E-state index contributed by atoms with van der Waals surface area (Å²) in [6.45, 7) is 0.404. The van der Waals surface area contributed by atoms with Gasteiger partial charge >= 0.3 is 0 Å². The smallest absolute Gasteiger partial charge is 0.233 e. The summed E-state index contributed by atoms with van der Waals surface area (Å²) in [5.74, 6) is 1.71. The first-order valence-electron chi connectivity index (χ1n) is 10.3. The molecule has 0 unspecified atom stereocenters. The SMILES string of the molecule is O=C(NCc1ccco1)C1CCC(N2C(=O)[C@@H]3[C@H]4CC[C@@H](C4)[C@@H]3C2=O)CC1. The number of amides is 3. The molecule has 2 bridgehead atoms. The number of fused-ring (bicyclic) bond motifs is 5. The van der Waals surface area contributed by atoms with Crippen molar-refractivity contribution in [3.63, 3.8) is 0 Å². The van der Waals surface area contributed by atoms with Gasteiger partial charge in [0.05, 0.1) is 24.6 Å². The fourth-order valence-electron chi connectivity index (χ4n) is 6.12. The molecule has 0 aromatic carbocycles. The van der Waals surface area contributed by atoms with Crippen LogP contribution in [0.15, 0.2) is 22.8 Å². The van der Waals surface area contributed by atoms with Crippen molar-refractivity contribution in [2.75, 3.05) is 0 Å². The normalized spacial score (nSPS) is 37.7. The Hall–Kier alpha value is -2.11. The number of carbonyl (C=O) groups is 3. The highest BCUT2D eigenvalue weighted by Crippen LogP contribution is 2.56. The Morgan fingerprint density at radius 3 is 2.30 bits per heavy atom. The van der Waals surface area contributed by atoms with Crippen molar-refractivity contribution in [1.29, 1.82) is 0 Å². The maximum Gasteiger partial charge on any atom is 0.233 e. The summed E-state index contributed by atoms with van der Waals surface area (Å²) < 4.78 is 5.24. The molecule has 0 spiro atoms. The number of hydrogen-bond acceptors (Lipinski definition) is 4. The van der Waals surface area contributed by atoms with Crippen LogP contribution in [0, 0.1) is 29.6 Å². The van der Waals surface area contributed by atoms with E-state index in [-0.39, 0.29) is 41.5 Å². The van der Waals surface area contributed by atoms with Crippen LogP contribution in [0.2, 0.25) is 0 Å². The molecule has 144 valence electrons. The average Bonchev–Trinajstić information content (AvgIpc) is 3.45. The van der Waals surface area contributed by atoms with E-state index in [0.717, 1.165) is 50.7 Å². The van der Waals surface area contributed by atoms with Crippen LogP contribution in [0.3, 0.4) is 0 Å². The molecule has 4 aliphatic rings. The highest BCUT2D eigenvalue weighted by Gasteiger charge is 2.61. The van der Waals surface area contributed by atoms with E-state index in [4.69, 9.17) is 4.42 Å². The summed E-state index contributed by atoms with van der Waals surface area (Å²) in [5.41, 5.74) is 0. The molecular formula is C21H26N2O4. The van der Waals surface area contributed by atoms with Crippen molar-refractivity contribution in [1.82, 2.24) is 10.2 Å². The fraction of sp³-hybridized carbons (Fsp3) is 0.667. The van der Waals surface area contributed by atoms with Gasteiger partial charge in [0, 0.05) is 12.0 Å². The minimum Gasteiger partial charge on any atom is -0.467 e. The zero-order valence-corrected chi connectivity index (χ0v) is 15.4. The molecule has 6 nitrogen and oxygen atoms in total. The van der Waals surface area contributed by atoms with Crippen LogP contribution in [-0.4, -0.2) is 28.7 Å². The zero-order valence-electron chi connectivity index (χ0n) is 15.4. The van der Waals surface area contributed by atoms with E-state index in [1.807, 2.05) is 6.07 Å². The maximum atomic E-state index is 13.0. The molecule has 6 heteroatoms. The van der Waals surface area contributed by atoms with Crippen LogP contribution in [0.25, 0.3) is 0 Å². The van der Waals surface area contributed by atoms with Crippen LogP contribution in [0.5, 0.6) is 0 Å². The summed E-state index contributed by atoms with van der Waals surface area (Å²) in [5, 5.41) is 2.93. The Morgan fingerprint density at radius 2 is 1.70 bits per heavy atom. The fourth-order valence-corrected chi connectivity index (χ4v) is 6.12. The lowest BCUT2D eigenvalue weighted by atomic mass is 9.81. The predicted molar refractivity (Wildman–Crippen MR) is 96.0 cm³/mol. The molecule has 4 atom stereocenters. The molecular weight excluding hydrogens is 344 g/mol. The Morgan fingerprint density at radius 1 is 1.04 bits per heavy atom. The monoisotopic (exact) mass is 370 g/mol. The Balaban J connectivity index is 1.18. The first-order valence-corrected chi connectivity index (χ1v) is 10.3. The van der Waals surface area contributed by atoms with Crippen LogP contribution in [-0.2, 0) is 20.9 Å². The van der Waals surface area contributed by atoms with Crippen molar-refractivity contribution in [2.24, 2.45) is 29.6 Å². The molecule has 1 N–H and O–H groups in total. The topological polar surface area (TPSA) is 79.6 Å². The third kappa shape index (κ3) is 2.72. The number of nitrogens with zero attached hydrogens (tertiary/aromatic N) is 1. The van der Waals surface area contributed by atoms with Gasteiger partial charge in [-0.2, -0.15) is 0 Å². The van der Waals surface area contributed by atoms with Crippen LogP contribution in [0.1, 0.15) is 50.7 Å². The van der Waals surface area contributed by atoms with Gasteiger partial charge in [-0.05, 0) is 68.9 Å². The molecule has 1 aliphatic heterocycles. The highest BCUT2D eigenvalue weighted by molar-refractivity contribution is 6.06. The largest absolute Gasteiger partial charge is 0.467 e. The third-order valence-corrected chi connectivity index (χ3v) is 7.41.